The largest absolute Gasteiger partial charge is 0.455 e. The van der Waals surface area contributed by atoms with Gasteiger partial charge in [-0.3, -0.25) is 4.79 Å². The van der Waals surface area contributed by atoms with Crippen LogP contribution in [0.2, 0.25) is 0 Å². The average molecular weight is 396 g/mol. The van der Waals surface area contributed by atoms with Crippen LogP contribution in [0.5, 0.6) is 0 Å². The first-order valence-corrected chi connectivity index (χ1v) is 7.39. The van der Waals surface area contributed by atoms with Crippen molar-refractivity contribution in [2.24, 2.45) is 0 Å². The van der Waals surface area contributed by atoms with Crippen LogP contribution in [0, 0.1) is 0 Å². The minimum absolute atomic E-state index is 0.116. The zero-order chi connectivity index (χ0) is 15.5. The van der Waals surface area contributed by atoms with Gasteiger partial charge in [-0.05, 0) is 26.2 Å². The summed E-state index contributed by atoms with van der Waals surface area (Å²) in [5.41, 5.74) is -5.04. The van der Waals surface area contributed by atoms with Gasteiger partial charge < -0.3 is 9.84 Å². The Bertz CT molecular complexity index is 312. The van der Waals surface area contributed by atoms with E-state index in [1.165, 1.54) is 13.8 Å². The minimum Gasteiger partial charge on any atom is -0.455 e. The van der Waals surface area contributed by atoms with E-state index in [-0.39, 0.29) is 12.8 Å². The second-order valence-corrected chi connectivity index (χ2v) is 6.07. The maximum atomic E-state index is 13.0. The fourth-order valence-electron chi connectivity index (χ4n) is 1.86. The van der Waals surface area contributed by atoms with Crippen LogP contribution in [0.15, 0.2) is 0 Å². The Morgan fingerprint density at radius 2 is 1.68 bits per heavy atom. The molecule has 0 bridgehead atoms. The van der Waals surface area contributed by atoms with Gasteiger partial charge >= 0.3 is 12.1 Å². The molecule has 114 valence electrons. The Labute approximate surface area is 125 Å². The van der Waals surface area contributed by atoms with Crippen LogP contribution in [-0.2, 0) is 9.53 Å². The van der Waals surface area contributed by atoms with E-state index in [2.05, 4.69) is 0 Å². The molecule has 0 aliphatic rings. The van der Waals surface area contributed by atoms with Crippen molar-refractivity contribution < 1.29 is 27.8 Å². The molecule has 0 spiro atoms. The Balaban J connectivity index is 5.45. The molecule has 0 aliphatic heterocycles. The quantitative estimate of drug-likeness (QED) is 0.424. The van der Waals surface area contributed by atoms with Crippen molar-refractivity contribution in [2.75, 3.05) is 0 Å². The lowest BCUT2D eigenvalue weighted by Crippen LogP contribution is -2.62. The molecular formula is C12H20F3IO3. The number of hydrogen-bond acceptors (Lipinski definition) is 3. The molecule has 0 radical (unpaired) electrons. The summed E-state index contributed by atoms with van der Waals surface area (Å²) in [5.74, 6) is -0.726. The van der Waals surface area contributed by atoms with E-state index >= 15 is 0 Å². The van der Waals surface area contributed by atoms with E-state index in [1.807, 2.05) is 22.6 Å². The Morgan fingerprint density at radius 3 is 1.95 bits per heavy atom. The maximum absolute atomic E-state index is 13.0. The Hall–Kier alpha value is -0.0500. The highest BCUT2D eigenvalue weighted by Gasteiger charge is 2.64. The van der Waals surface area contributed by atoms with Crippen LogP contribution in [0.4, 0.5) is 13.2 Å². The number of alkyl halides is 4. The van der Waals surface area contributed by atoms with Crippen LogP contribution in [-0.4, -0.2) is 32.4 Å². The van der Waals surface area contributed by atoms with E-state index in [4.69, 9.17) is 4.74 Å². The van der Waals surface area contributed by atoms with Crippen LogP contribution < -0.4 is 0 Å². The first kappa shape index (κ1) is 18.9. The fraction of sp³-hybridized carbons (Fsp3) is 0.917. The summed E-state index contributed by atoms with van der Waals surface area (Å²) >= 11 is 1.82. The number of aliphatic hydroxyl groups is 1. The monoisotopic (exact) mass is 396 g/mol. The summed E-state index contributed by atoms with van der Waals surface area (Å²) in [4.78, 5) is 11.8. The van der Waals surface area contributed by atoms with Crippen molar-refractivity contribution in [1.29, 1.82) is 0 Å². The lowest BCUT2D eigenvalue weighted by molar-refractivity contribution is -0.315. The van der Waals surface area contributed by atoms with Crippen LogP contribution in [0.1, 0.15) is 47.0 Å². The van der Waals surface area contributed by atoms with E-state index in [0.717, 1.165) is 0 Å². The first-order chi connectivity index (χ1) is 8.49. The van der Waals surface area contributed by atoms with Gasteiger partial charge in [0.05, 0.1) is 0 Å². The second-order valence-electron chi connectivity index (χ2n) is 4.57. The molecule has 1 N–H and O–H groups in total. The summed E-state index contributed by atoms with van der Waals surface area (Å²) in [5, 5.41) is 9.86. The van der Waals surface area contributed by atoms with Crippen LogP contribution >= 0.6 is 22.6 Å². The molecule has 7 heteroatoms. The van der Waals surface area contributed by atoms with Crippen molar-refractivity contribution in [2.45, 2.75) is 68.3 Å². The highest BCUT2D eigenvalue weighted by Crippen LogP contribution is 2.44. The second kappa shape index (κ2) is 6.60. The number of halogens is 4. The van der Waals surface area contributed by atoms with Crippen molar-refractivity contribution in [3.8, 4) is 0 Å². The van der Waals surface area contributed by atoms with Gasteiger partial charge in [0.1, 0.15) is 9.53 Å². The zero-order valence-electron chi connectivity index (χ0n) is 11.5. The van der Waals surface area contributed by atoms with E-state index in [9.17, 15) is 23.1 Å². The summed E-state index contributed by atoms with van der Waals surface area (Å²) in [7, 11) is 0. The van der Waals surface area contributed by atoms with E-state index < -0.39 is 27.3 Å². The molecule has 0 saturated heterocycles. The highest BCUT2D eigenvalue weighted by molar-refractivity contribution is 14.1. The Morgan fingerprint density at radius 1 is 1.26 bits per heavy atom. The molecule has 0 aliphatic carbocycles. The molecule has 0 heterocycles. The van der Waals surface area contributed by atoms with Gasteiger partial charge in [-0.25, -0.2) is 0 Å². The molecule has 0 fully saturated rings. The third-order valence-corrected chi connectivity index (χ3v) is 4.88. The predicted octanol–water partition coefficient (Wildman–Crippen LogP) is 3.62. The van der Waals surface area contributed by atoms with Gasteiger partial charge in [0.25, 0.3) is 0 Å². The summed E-state index contributed by atoms with van der Waals surface area (Å²) < 4.78 is 43.5. The van der Waals surface area contributed by atoms with E-state index in [0.29, 0.717) is 13.3 Å². The molecule has 0 aromatic rings. The Kier molecular flexibility index (Phi) is 6.58. The van der Waals surface area contributed by atoms with Crippen molar-refractivity contribution in [3.05, 3.63) is 0 Å². The molecule has 3 nitrogen and oxygen atoms in total. The molecule has 19 heavy (non-hydrogen) atoms. The molecule has 2 unspecified atom stereocenters. The number of carbonyl (C=O) groups is 1. The lowest BCUT2D eigenvalue weighted by atomic mass is 9.79. The van der Waals surface area contributed by atoms with Crippen molar-refractivity contribution in [1.82, 2.24) is 0 Å². The van der Waals surface area contributed by atoms with Crippen LogP contribution in [0.3, 0.4) is 0 Å². The molecule has 0 rings (SSSR count). The maximum Gasteiger partial charge on any atom is 0.420 e. The molecule has 2 atom stereocenters. The number of hydrogen-bond donors (Lipinski definition) is 1. The summed E-state index contributed by atoms with van der Waals surface area (Å²) in [6, 6.07) is 0. The van der Waals surface area contributed by atoms with Gasteiger partial charge in [-0.2, -0.15) is 13.2 Å². The zero-order valence-corrected chi connectivity index (χ0v) is 13.6. The summed E-state index contributed by atoms with van der Waals surface area (Å²) in [6.45, 7) is 5.32. The number of esters is 1. The highest BCUT2D eigenvalue weighted by atomic mass is 127. The third kappa shape index (κ3) is 3.74. The van der Waals surface area contributed by atoms with Crippen LogP contribution in [0.25, 0.3) is 0 Å². The third-order valence-electron chi connectivity index (χ3n) is 3.49. The van der Waals surface area contributed by atoms with Crippen molar-refractivity contribution in [3.63, 3.8) is 0 Å². The van der Waals surface area contributed by atoms with Gasteiger partial charge in [0, 0.05) is 0 Å². The van der Waals surface area contributed by atoms with Gasteiger partial charge in [0.2, 0.25) is 0 Å². The number of rotatable bonds is 6. The summed E-state index contributed by atoms with van der Waals surface area (Å²) in [6.07, 6.45) is -4.65. The average Bonchev–Trinajstić information content (AvgIpc) is 2.32. The van der Waals surface area contributed by atoms with Gasteiger partial charge in [-0.1, -0.05) is 43.4 Å². The molecule has 0 saturated carbocycles. The predicted molar refractivity (Wildman–Crippen MR) is 74.2 cm³/mol. The smallest absolute Gasteiger partial charge is 0.420 e. The topological polar surface area (TPSA) is 46.5 Å². The normalized spacial score (nSPS) is 17.7. The standard InChI is InChI=1S/C12H20F3IO3/c1-5-8(16)9(17)19-11(6-2,7-3)10(4,18)12(13,14)15/h8,18H,5-7H2,1-4H3. The first-order valence-electron chi connectivity index (χ1n) is 6.15. The number of carbonyl (C=O) groups excluding carboxylic acids is 1. The van der Waals surface area contributed by atoms with Gasteiger partial charge in [-0.15, -0.1) is 0 Å². The minimum atomic E-state index is -4.87. The number of ether oxygens (including phenoxy) is 1. The van der Waals surface area contributed by atoms with E-state index in [1.54, 1.807) is 6.92 Å². The molecule has 0 aromatic heterocycles. The molecular weight excluding hydrogens is 376 g/mol. The molecule has 0 aromatic carbocycles. The van der Waals surface area contributed by atoms with Crippen molar-refractivity contribution >= 4 is 28.6 Å². The van der Waals surface area contributed by atoms with Gasteiger partial charge in [0.15, 0.2) is 5.60 Å². The lowest BCUT2D eigenvalue weighted by Gasteiger charge is -2.44. The molecule has 0 amide bonds. The SMILES string of the molecule is CCC(I)C(=O)OC(CC)(CC)C(C)(O)C(F)(F)F. The fourth-order valence-corrected chi connectivity index (χ4v) is 1.99.